The number of unbranched alkanes of at least 4 members (excludes halogenated alkanes) is 1. The predicted octanol–water partition coefficient (Wildman–Crippen LogP) is 4.89. The molecule has 1 unspecified atom stereocenters. The van der Waals surface area contributed by atoms with Crippen LogP contribution in [0.2, 0.25) is 0 Å². The summed E-state index contributed by atoms with van der Waals surface area (Å²) in [5.74, 6) is -0.376. The van der Waals surface area contributed by atoms with E-state index in [0.717, 1.165) is 48.7 Å². The topological polar surface area (TPSA) is 71.7 Å². The molecule has 1 aliphatic heterocycles. The normalized spacial score (nSPS) is 18.2. The summed E-state index contributed by atoms with van der Waals surface area (Å²) in [4.78, 5) is 18.0. The van der Waals surface area contributed by atoms with Crippen LogP contribution in [0.5, 0.6) is 0 Å². The molecule has 2 aromatic carbocycles. The van der Waals surface area contributed by atoms with E-state index in [2.05, 4.69) is 30.1 Å². The maximum Gasteiger partial charge on any atom is 0.279 e. The van der Waals surface area contributed by atoms with E-state index >= 15 is 0 Å². The van der Waals surface area contributed by atoms with Crippen LogP contribution in [0.25, 0.3) is 10.2 Å². The van der Waals surface area contributed by atoms with E-state index in [9.17, 15) is 13.2 Å². The molecule has 0 bridgehead atoms. The summed E-state index contributed by atoms with van der Waals surface area (Å²) in [7, 11) is -1.65. The molecular weight excluding hydrogens is 454 g/mol. The van der Waals surface area contributed by atoms with E-state index in [4.69, 9.17) is 0 Å². The average molecular weight is 486 g/mol. The Bertz CT molecular complexity index is 1320. The Morgan fingerprint density at radius 1 is 1.15 bits per heavy atom. The minimum absolute atomic E-state index is 0.00416. The quantitative estimate of drug-likeness (QED) is 0.499. The van der Waals surface area contributed by atoms with Gasteiger partial charge < -0.3 is 4.57 Å². The van der Waals surface area contributed by atoms with E-state index < -0.39 is 10.0 Å². The van der Waals surface area contributed by atoms with Crippen molar-refractivity contribution in [1.29, 1.82) is 0 Å². The molecule has 176 valence electrons. The van der Waals surface area contributed by atoms with Crippen molar-refractivity contribution in [3.05, 3.63) is 58.4 Å². The number of amides is 1. The number of carbonyl (C=O) groups is 1. The van der Waals surface area contributed by atoms with Crippen LogP contribution in [-0.4, -0.2) is 35.8 Å². The van der Waals surface area contributed by atoms with Gasteiger partial charge in [-0.05, 0) is 74.6 Å². The molecule has 1 fully saturated rings. The Morgan fingerprint density at radius 2 is 1.91 bits per heavy atom. The van der Waals surface area contributed by atoms with Crippen LogP contribution >= 0.6 is 11.3 Å². The zero-order chi connectivity index (χ0) is 23.6. The number of thiazole rings is 1. The standard InChI is InChI=1S/C25H31N3O3S2/c1-4-5-9-19-10-15-22-23(17-19)32-25(27(22)3)26-24(29)20-11-13-21(14-12-20)33(30,31)28-16-7-6-8-18(28)2/h10-15,17-18H,4-9,16H2,1-3H3. The molecule has 0 N–H and O–H groups in total. The molecule has 3 aromatic rings. The van der Waals surface area contributed by atoms with Gasteiger partial charge in [-0.15, -0.1) is 0 Å². The van der Waals surface area contributed by atoms with Crippen LogP contribution in [0.4, 0.5) is 0 Å². The highest BCUT2D eigenvalue weighted by Crippen LogP contribution is 2.25. The monoisotopic (exact) mass is 485 g/mol. The molecule has 0 radical (unpaired) electrons. The Hall–Kier alpha value is -2.29. The lowest BCUT2D eigenvalue weighted by Gasteiger charge is -2.32. The van der Waals surface area contributed by atoms with E-state index in [-0.39, 0.29) is 16.8 Å². The third kappa shape index (κ3) is 4.98. The lowest BCUT2D eigenvalue weighted by molar-refractivity contribution is 0.0998. The molecule has 1 atom stereocenters. The van der Waals surface area contributed by atoms with Gasteiger partial charge in [-0.2, -0.15) is 9.30 Å². The van der Waals surface area contributed by atoms with Gasteiger partial charge in [0.25, 0.3) is 5.91 Å². The number of nitrogens with zero attached hydrogens (tertiary/aromatic N) is 3. The molecule has 0 spiro atoms. The SMILES string of the molecule is CCCCc1ccc2c(c1)sc(=NC(=O)c1ccc(S(=O)(=O)N3CCCCC3C)cc1)n2C. The van der Waals surface area contributed by atoms with Crippen LogP contribution < -0.4 is 4.80 Å². The second kappa shape index (κ2) is 9.91. The summed E-state index contributed by atoms with van der Waals surface area (Å²) in [5.41, 5.74) is 2.72. The largest absolute Gasteiger partial charge is 0.319 e. The van der Waals surface area contributed by atoms with Crippen LogP contribution in [0.1, 0.15) is 61.9 Å². The molecule has 0 saturated carbocycles. The van der Waals surface area contributed by atoms with Gasteiger partial charge >= 0.3 is 0 Å². The Balaban J connectivity index is 1.58. The van der Waals surface area contributed by atoms with Crippen molar-refractivity contribution >= 4 is 37.5 Å². The third-order valence-corrected chi connectivity index (χ3v) is 9.46. The molecule has 6 nitrogen and oxygen atoms in total. The van der Waals surface area contributed by atoms with E-state index in [0.29, 0.717) is 16.9 Å². The van der Waals surface area contributed by atoms with Crippen molar-refractivity contribution in [2.45, 2.75) is 63.3 Å². The average Bonchev–Trinajstić information content (AvgIpc) is 3.12. The minimum atomic E-state index is -3.56. The van der Waals surface area contributed by atoms with E-state index in [1.54, 1.807) is 16.4 Å². The number of hydrogen-bond donors (Lipinski definition) is 0. The zero-order valence-corrected chi connectivity index (χ0v) is 21.1. The number of piperidine rings is 1. The summed E-state index contributed by atoms with van der Waals surface area (Å²) in [6.45, 7) is 4.68. The molecule has 8 heteroatoms. The van der Waals surface area contributed by atoms with Crippen molar-refractivity contribution in [3.8, 4) is 0 Å². The molecule has 2 heterocycles. The van der Waals surface area contributed by atoms with E-state index in [1.807, 2.05) is 18.5 Å². The number of fused-ring (bicyclic) bond motifs is 1. The number of aryl methyl sites for hydroxylation is 2. The summed E-state index contributed by atoms with van der Waals surface area (Å²) >= 11 is 1.49. The Morgan fingerprint density at radius 3 is 2.61 bits per heavy atom. The van der Waals surface area contributed by atoms with Crippen molar-refractivity contribution < 1.29 is 13.2 Å². The highest BCUT2D eigenvalue weighted by atomic mass is 32.2. The number of carbonyl (C=O) groups excluding carboxylic acids is 1. The molecule has 33 heavy (non-hydrogen) atoms. The lowest BCUT2D eigenvalue weighted by atomic mass is 10.1. The van der Waals surface area contributed by atoms with Crippen LogP contribution in [0.15, 0.2) is 52.4 Å². The van der Waals surface area contributed by atoms with Crippen molar-refractivity contribution in [1.82, 2.24) is 8.87 Å². The van der Waals surface area contributed by atoms with Crippen LogP contribution in [0, 0.1) is 0 Å². The summed E-state index contributed by atoms with van der Waals surface area (Å²) in [5, 5.41) is 0. The number of benzene rings is 2. The second-order valence-corrected chi connectivity index (χ2v) is 11.7. The first-order chi connectivity index (χ1) is 15.8. The number of rotatable bonds is 6. The van der Waals surface area contributed by atoms with Gasteiger partial charge in [0.1, 0.15) is 0 Å². The lowest BCUT2D eigenvalue weighted by Crippen LogP contribution is -2.41. The van der Waals surface area contributed by atoms with Gasteiger partial charge in [-0.3, -0.25) is 4.79 Å². The first-order valence-corrected chi connectivity index (χ1v) is 13.9. The summed E-state index contributed by atoms with van der Waals surface area (Å²) in [6.07, 6.45) is 6.16. The fourth-order valence-corrected chi connectivity index (χ4v) is 7.09. The van der Waals surface area contributed by atoms with Crippen molar-refractivity contribution in [2.75, 3.05) is 6.54 Å². The fourth-order valence-electron chi connectivity index (χ4n) is 4.31. The fraction of sp³-hybridized carbons (Fsp3) is 0.440. The van der Waals surface area contributed by atoms with Gasteiger partial charge in [0.2, 0.25) is 10.0 Å². The molecule has 4 rings (SSSR count). The molecular formula is C25H31N3O3S2. The van der Waals surface area contributed by atoms with Gasteiger partial charge in [0.15, 0.2) is 4.80 Å². The van der Waals surface area contributed by atoms with Gasteiger partial charge in [-0.1, -0.05) is 37.2 Å². The highest BCUT2D eigenvalue weighted by Gasteiger charge is 2.30. The van der Waals surface area contributed by atoms with Gasteiger partial charge in [0, 0.05) is 25.2 Å². The van der Waals surface area contributed by atoms with E-state index in [1.165, 1.54) is 29.0 Å². The first kappa shape index (κ1) is 23.9. The van der Waals surface area contributed by atoms with Gasteiger partial charge in [-0.25, -0.2) is 8.42 Å². The number of sulfonamides is 1. The Kier molecular flexibility index (Phi) is 7.16. The predicted molar refractivity (Wildman–Crippen MR) is 133 cm³/mol. The summed E-state index contributed by atoms with van der Waals surface area (Å²) < 4.78 is 30.7. The van der Waals surface area contributed by atoms with Crippen molar-refractivity contribution in [2.24, 2.45) is 12.0 Å². The smallest absolute Gasteiger partial charge is 0.279 e. The Labute approximate surface area is 199 Å². The zero-order valence-electron chi connectivity index (χ0n) is 19.5. The van der Waals surface area contributed by atoms with Crippen molar-refractivity contribution in [3.63, 3.8) is 0 Å². The molecule has 1 aromatic heterocycles. The van der Waals surface area contributed by atoms with Crippen LogP contribution in [-0.2, 0) is 23.5 Å². The summed E-state index contributed by atoms with van der Waals surface area (Å²) in [6, 6.07) is 12.6. The molecule has 1 saturated heterocycles. The van der Waals surface area contributed by atoms with Gasteiger partial charge in [0.05, 0.1) is 15.1 Å². The molecule has 0 aliphatic carbocycles. The highest BCUT2D eigenvalue weighted by molar-refractivity contribution is 7.89. The number of hydrogen-bond acceptors (Lipinski definition) is 4. The number of aromatic nitrogens is 1. The van der Waals surface area contributed by atoms with Crippen LogP contribution in [0.3, 0.4) is 0 Å². The minimum Gasteiger partial charge on any atom is -0.319 e. The third-order valence-electron chi connectivity index (χ3n) is 6.34. The molecule has 1 aliphatic rings. The maximum absolute atomic E-state index is 13.0. The second-order valence-electron chi connectivity index (χ2n) is 8.75. The molecule has 1 amide bonds. The maximum atomic E-state index is 13.0. The first-order valence-electron chi connectivity index (χ1n) is 11.6.